The van der Waals surface area contributed by atoms with Crippen molar-refractivity contribution < 1.29 is 49.5 Å². The van der Waals surface area contributed by atoms with Gasteiger partial charge in [0.15, 0.2) is 0 Å². The van der Waals surface area contributed by atoms with Gasteiger partial charge in [0, 0.05) is 63.6 Å². The van der Waals surface area contributed by atoms with Crippen LogP contribution in [0.3, 0.4) is 0 Å². The fourth-order valence-corrected chi connectivity index (χ4v) is 5.12. The molecule has 1 heterocycles. The molecule has 1 unspecified atom stereocenters. The van der Waals surface area contributed by atoms with E-state index in [0.717, 1.165) is 5.56 Å². The molecule has 6 N–H and O–H groups in total. The largest absolute Gasteiger partial charge is 0.513 e. The van der Waals surface area contributed by atoms with Crippen LogP contribution in [0.4, 0.5) is 5.69 Å². The molecule has 1 aromatic carbocycles. The number of carboxylic acids is 4. The van der Waals surface area contributed by atoms with E-state index in [-0.39, 0.29) is 77.8 Å². The highest BCUT2D eigenvalue weighted by Gasteiger charge is 2.27. The van der Waals surface area contributed by atoms with Gasteiger partial charge in [-0.05, 0) is 48.8 Å². The number of aliphatic hydroxyl groups excluding tert-OH is 1. The first-order chi connectivity index (χ1) is 23.7. The minimum absolute atomic E-state index is 0.104. The molecule has 1 amide bonds. The molecule has 1 saturated heterocycles. The molecule has 0 spiro atoms. The number of allylic oxidation sites excluding steroid dienone is 6. The standard InChI is InChI=1S/C33H45N5O10.C2H6/c1-3-25(5-4-24(2)39)8-11-29(40)34-27-9-6-26(7-10-27)18-28-19-37(22-32(45)46)15-14-35(20-30(41)42)12-13-36(21-31(43)44)16-17-38(28)23-33(47)48;1-2/h3-11,28,39H,1,12-23H2,2H3,(H,34,40)(H,41,42)(H,43,44)(H,45,46)(H,47,48);1-2H3/b11-8+,24-4+,25-5+;. The maximum absolute atomic E-state index is 12.5. The SMILES string of the molecule is C=CC(/C=C/C(=O)Nc1ccc(CC2CN(CC(=O)O)CCN(CC(=O)O)CCN(CC(=O)O)CCN2CC(=O)O)cc1)=C\C=C(/C)O.CC. The van der Waals surface area contributed by atoms with E-state index in [4.69, 9.17) is 0 Å². The Bertz CT molecular complexity index is 1370. The molecule has 0 aromatic heterocycles. The van der Waals surface area contributed by atoms with Crippen LogP contribution in [0.15, 0.2) is 72.6 Å². The predicted molar refractivity (Wildman–Crippen MR) is 189 cm³/mol. The first-order valence-corrected chi connectivity index (χ1v) is 16.3. The summed E-state index contributed by atoms with van der Waals surface area (Å²) in [6.45, 7) is 9.20. The zero-order chi connectivity index (χ0) is 37.6. The predicted octanol–water partition coefficient (Wildman–Crippen LogP) is 2.25. The van der Waals surface area contributed by atoms with Crippen LogP contribution < -0.4 is 5.32 Å². The molecule has 1 aromatic rings. The molecule has 0 aliphatic carbocycles. The van der Waals surface area contributed by atoms with Crippen LogP contribution >= 0.6 is 0 Å². The Balaban J connectivity index is 0.00000613. The van der Waals surface area contributed by atoms with Crippen molar-refractivity contribution in [2.45, 2.75) is 33.2 Å². The second-order valence-electron chi connectivity index (χ2n) is 11.4. The molecule has 0 bridgehead atoms. The first kappa shape index (κ1) is 43.2. The Morgan fingerprint density at radius 1 is 0.720 bits per heavy atom. The van der Waals surface area contributed by atoms with E-state index in [1.807, 2.05) is 13.8 Å². The number of anilines is 1. The maximum Gasteiger partial charge on any atom is 0.317 e. The first-order valence-electron chi connectivity index (χ1n) is 16.3. The lowest BCUT2D eigenvalue weighted by molar-refractivity contribution is -0.142. The highest BCUT2D eigenvalue weighted by molar-refractivity contribution is 5.99. The Morgan fingerprint density at radius 2 is 1.20 bits per heavy atom. The number of carbonyl (C=O) groups excluding carboxylic acids is 1. The van der Waals surface area contributed by atoms with Crippen LogP contribution in [0, 0.1) is 0 Å². The van der Waals surface area contributed by atoms with Crippen molar-refractivity contribution in [1.82, 2.24) is 19.6 Å². The number of hydrogen-bond acceptors (Lipinski definition) is 10. The summed E-state index contributed by atoms with van der Waals surface area (Å²) in [7, 11) is 0. The van der Waals surface area contributed by atoms with Gasteiger partial charge < -0.3 is 30.8 Å². The molecule has 1 aliphatic heterocycles. The summed E-state index contributed by atoms with van der Waals surface area (Å²) in [5, 5.41) is 50.3. The fraction of sp³-hybridized carbons (Fsp3) is 0.457. The monoisotopic (exact) mass is 701 g/mol. The van der Waals surface area contributed by atoms with Gasteiger partial charge in [0.1, 0.15) is 0 Å². The Morgan fingerprint density at radius 3 is 1.68 bits per heavy atom. The number of nitrogens with one attached hydrogen (secondary N) is 1. The molecule has 0 saturated carbocycles. The van der Waals surface area contributed by atoms with Gasteiger partial charge in [-0.15, -0.1) is 0 Å². The molecule has 1 fully saturated rings. The van der Waals surface area contributed by atoms with E-state index in [9.17, 15) is 49.5 Å². The van der Waals surface area contributed by atoms with Crippen molar-refractivity contribution in [3.63, 3.8) is 0 Å². The van der Waals surface area contributed by atoms with Crippen LogP contribution in [-0.4, -0.2) is 153 Å². The maximum atomic E-state index is 12.5. The lowest BCUT2D eigenvalue weighted by Gasteiger charge is -2.37. The summed E-state index contributed by atoms with van der Waals surface area (Å²) < 4.78 is 0. The van der Waals surface area contributed by atoms with Crippen LogP contribution in [0.25, 0.3) is 0 Å². The number of carbonyl (C=O) groups is 5. The van der Waals surface area contributed by atoms with Gasteiger partial charge in [-0.25, -0.2) is 0 Å². The number of carboxylic acid groups (broad SMARTS) is 4. The number of aliphatic hydroxyl groups is 1. The van der Waals surface area contributed by atoms with Crippen molar-refractivity contribution in [1.29, 1.82) is 0 Å². The van der Waals surface area contributed by atoms with E-state index < -0.39 is 35.8 Å². The molecule has 0 radical (unpaired) electrons. The number of rotatable bonds is 15. The molecule has 1 atom stereocenters. The summed E-state index contributed by atoms with van der Waals surface area (Å²) >= 11 is 0. The third-order valence-electron chi connectivity index (χ3n) is 7.44. The summed E-state index contributed by atoms with van der Waals surface area (Å²) in [6, 6.07) is 6.40. The quantitative estimate of drug-likeness (QED) is 0.0880. The molecular formula is C35H51N5O10. The van der Waals surface area contributed by atoms with E-state index in [2.05, 4.69) is 11.9 Å². The number of amides is 1. The van der Waals surface area contributed by atoms with Crippen molar-refractivity contribution in [2.75, 3.05) is 77.3 Å². The second-order valence-corrected chi connectivity index (χ2v) is 11.4. The normalized spacial score (nSPS) is 17.9. The molecule has 50 heavy (non-hydrogen) atoms. The smallest absolute Gasteiger partial charge is 0.317 e. The number of nitrogens with zero attached hydrogens (tertiary/aromatic N) is 4. The van der Waals surface area contributed by atoms with Crippen molar-refractivity contribution in [3.05, 3.63) is 78.1 Å². The van der Waals surface area contributed by atoms with Gasteiger partial charge in [0.25, 0.3) is 0 Å². The summed E-state index contributed by atoms with van der Waals surface area (Å²) in [5.41, 5.74) is 1.89. The topological polar surface area (TPSA) is 211 Å². The van der Waals surface area contributed by atoms with Crippen molar-refractivity contribution in [2.24, 2.45) is 0 Å². The second kappa shape index (κ2) is 23.5. The van der Waals surface area contributed by atoms with E-state index in [1.165, 1.54) is 31.2 Å². The molecule has 15 heteroatoms. The average molecular weight is 702 g/mol. The zero-order valence-corrected chi connectivity index (χ0v) is 29.0. The third-order valence-corrected chi connectivity index (χ3v) is 7.44. The molecular weight excluding hydrogens is 650 g/mol. The summed E-state index contributed by atoms with van der Waals surface area (Å²) in [4.78, 5) is 65.9. The number of hydrogen-bond donors (Lipinski definition) is 6. The zero-order valence-electron chi connectivity index (χ0n) is 29.0. The molecule has 15 nitrogen and oxygen atoms in total. The van der Waals surface area contributed by atoms with Crippen molar-refractivity contribution in [3.8, 4) is 0 Å². The van der Waals surface area contributed by atoms with Crippen LogP contribution in [-0.2, 0) is 30.4 Å². The molecule has 1 aliphatic rings. The number of aliphatic carboxylic acids is 4. The minimum Gasteiger partial charge on any atom is -0.513 e. The van der Waals surface area contributed by atoms with Gasteiger partial charge >= 0.3 is 23.9 Å². The fourth-order valence-electron chi connectivity index (χ4n) is 5.12. The van der Waals surface area contributed by atoms with Gasteiger partial charge in [-0.2, -0.15) is 0 Å². The van der Waals surface area contributed by atoms with Crippen LogP contribution in [0.2, 0.25) is 0 Å². The summed E-state index contributed by atoms with van der Waals surface area (Å²) in [5.74, 6) is -4.63. The van der Waals surface area contributed by atoms with Crippen LogP contribution in [0.1, 0.15) is 26.3 Å². The highest BCUT2D eigenvalue weighted by atomic mass is 16.4. The van der Waals surface area contributed by atoms with E-state index in [0.29, 0.717) is 17.7 Å². The van der Waals surface area contributed by atoms with Gasteiger partial charge in [-0.1, -0.05) is 44.7 Å². The van der Waals surface area contributed by atoms with Crippen molar-refractivity contribution >= 4 is 35.5 Å². The van der Waals surface area contributed by atoms with E-state index >= 15 is 0 Å². The van der Waals surface area contributed by atoms with Gasteiger partial charge in [-0.3, -0.25) is 43.6 Å². The van der Waals surface area contributed by atoms with E-state index in [1.54, 1.807) is 49.9 Å². The average Bonchev–Trinajstić information content (AvgIpc) is 3.04. The lowest BCUT2D eigenvalue weighted by Crippen LogP contribution is -2.53. The molecule has 276 valence electrons. The Kier molecular flexibility index (Phi) is 20.3. The Hall–Kier alpha value is -4.83. The van der Waals surface area contributed by atoms with Gasteiger partial charge in [0.05, 0.1) is 31.9 Å². The Labute approximate surface area is 293 Å². The highest BCUT2D eigenvalue weighted by Crippen LogP contribution is 2.16. The van der Waals surface area contributed by atoms with Crippen LogP contribution in [0.5, 0.6) is 0 Å². The molecule has 2 rings (SSSR count). The number of benzene rings is 1. The summed E-state index contributed by atoms with van der Waals surface area (Å²) in [6.07, 6.45) is 7.77. The third kappa shape index (κ3) is 18.6. The minimum atomic E-state index is -1.10. The lowest BCUT2D eigenvalue weighted by atomic mass is 10.0. The van der Waals surface area contributed by atoms with Gasteiger partial charge in [0.2, 0.25) is 5.91 Å².